The Labute approximate surface area is 124 Å². The van der Waals surface area contributed by atoms with Crippen molar-refractivity contribution in [1.82, 2.24) is 4.90 Å². The quantitative estimate of drug-likeness (QED) is 0.929. The van der Waals surface area contributed by atoms with E-state index in [1.807, 2.05) is 11.8 Å². The van der Waals surface area contributed by atoms with Crippen LogP contribution in [0.5, 0.6) is 0 Å². The van der Waals surface area contributed by atoms with Crippen LogP contribution >= 0.6 is 0 Å². The molecule has 3 nitrogen and oxygen atoms in total. The molecule has 1 saturated heterocycles. The summed E-state index contributed by atoms with van der Waals surface area (Å²) in [7, 11) is 0. The zero-order valence-corrected chi connectivity index (χ0v) is 12.4. The highest BCUT2D eigenvalue weighted by Gasteiger charge is 2.53. The molecule has 3 rings (SSSR count). The second-order valence-electron chi connectivity index (χ2n) is 6.46. The zero-order chi connectivity index (χ0) is 15.0. The number of rotatable bonds is 3. The van der Waals surface area contributed by atoms with Crippen LogP contribution < -0.4 is 0 Å². The van der Waals surface area contributed by atoms with E-state index in [0.717, 1.165) is 44.3 Å². The molecule has 1 saturated carbocycles. The number of nitrogens with zero attached hydrogens (tertiary/aromatic N) is 1. The van der Waals surface area contributed by atoms with Crippen molar-refractivity contribution in [3.05, 3.63) is 35.6 Å². The van der Waals surface area contributed by atoms with Gasteiger partial charge in [-0.3, -0.25) is 4.79 Å². The van der Waals surface area contributed by atoms with Crippen LogP contribution in [0, 0.1) is 11.7 Å². The van der Waals surface area contributed by atoms with Crippen LogP contribution in [0.4, 0.5) is 4.39 Å². The number of piperidine rings is 1. The molecule has 0 spiro atoms. The molecule has 1 aliphatic carbocycles. The standard InChI is InChI=1S/C17H22FNO2/c1-12(20)13-6-10-19(11-7-13)16(21)17(8-9-17)14-2-4-15(18)5-3-14/h2-5,12-13,20H,6-11H2,1H3. The minimum absolute atomic E-state index is 0.179. The summed E-state index contributed by atoms with van der Waals surface area (Å²) in [5.74, 6) is 0.216. The molecule has 0 bridgehead atoms. The Bertz CT molecular complexity index is 514. The van der Waals surface area contributed by atoms with Gasteiger partial charge in [0.25, 0.3) is 0 Å². The number of hydrogen-bond donors (Lipinski definition) is 1. The van der Waals surface area contributed by atoms with Gasteiger partial charge in [0, 0.05) is 13.1 Å². The van der Waals surface area contributed by atoms with E-state index in [0.29, 0.717) is 5.92 Å². The van der Waals surface area contributed by atoms with Crippen LogP contribution in [-0.2, 0) is 10.2 Å². The maximum atomic E-state index is 13.1. The summed E-state index contributed by atoms with van der Waals surface area (Å²) in [6, 6.07) is 6.34. The lowest BCUT2D eigenvalue weighted by atomic mass is 9.89. The fourth-order valence-corrected chi connectivity index (χ4v) is 3.41. The van der Waals surface area contributed by atoms with Gasteiger partial charge in [-0.15, -0.1) is 0 Å². The molecule has 1 amide bonds. The summed E-state index contributed by atoms with van der Waals surface area (Å²) < 4.78 is 13.1. The number of halogens is 1. The molecule has 1 aromatic rings. The number of carbonyl (C=O) groups excluding carboxylic acids is 1. The first-order chi connectivity index (χ1) is 10.0. The number of benzene rings is 1. The van der Waals surface area contributed by atoms with Crippen molar-refractivity contribution in [3.63, 3.8) is 0 Å². The molecule has 1 unspecified atom stereocenters. The molecule has 1 N–H and O–H groups in total. The van der Waals surface area contributed by atoms with E-state index in [-0.39, 0.29) is 17.8 Å². The molecule has 1 heterocycles. The fraction of sp³-hybridized carbons (Fsp3) is 0.588. The lowest BCUT2D eigenvalue weighted by Crippen LogP contribution is -2.45. The second kappa shape index (κ2) is 5.41. The Kier molecular flexibility index (Phi) is 3.74. The maximum absolute atomic E-state index is 13.1. The molecule has 2 aliphatic rings. The van der Waals surface area contributed by atoms with Gasteiger partial charge in [-0.2, -0.15) is 0 Å². The third-order valence-electron chi connectivity index (χ3n) is 5.07. The first kappa shape index (κ1) is 14.5. The van der Waals surface area contributed by atoms with Crippen molar-refractivity contribution in [1.29, 1.82) is 0 Å². The Morgan fingerprint density at radius 2 is 1.86 bits per heavy atom. The summed E-state index contributed by atoms with van der Waals surface area (Å²) in [6.45, 7) is 3.26. The van der Waals surface area contributed by atoms with Gasteiger partial charge in [0.05, 0.1) is 11.5 Å². The minimum Gasteiger partial charge on any atom is -0.393 e. The van der Waals surface area contributed by atoms with Crippen LogP contribution in [-0.4, -0.2) is 35.1 Å². The number of amides is 1. The van der Waals surface area contributed by atoms with Crippen LogP contribution in [0.3, 0.4) is 0 Å². The summed E-state index contributed by atoms with van der Waals surface area (Å²) in [5.41, 5.74) is 0.525. The second-order valence-corrected chi connectivity index (χ2v) is 6.46. The third-order valence-corrected chi connectivity index (χ3v) is 5.07. The van der Waals surface area contributed by atoms with Gasteiger partial charge in [-0.25, -0.2) is 4.39 Å². The molecular formula is C17H22FNO2. The van der Waals surface area contributed by atoms with Crippen LogP contribution in [0.15, 0.2) is 24.3 Å². The van der Waals surface area contributed by atoms with Crippen molar-refractivity contribution in [2.24, 2.45) is 5.92 Å². The van der Waals surface area contributed by atoms with Gasteiger partial charge >= 0.3 is 0 Å². The summed E-state index contributed by atoms with van der Waals surface area (Å²) in [4.78, 5) is 14.7. The van der Waals surface area contributed by atoms with E-state index in [9.17, 15) is 14.3 Å². The highest BCUT2D eigenvalue weighted by Crippen LogP contribution is 2.50. The molecule has 4 heteroatoms. The number of carbonyl (C=O) groups is 1. The molecule has 1 aliphatic heterocycles. The van der Waals surface area contributed by atoms with Gasteiger partial charge in [0.1, 0.15) is 5.82 Å². The Morgan fingerprint density at radius 1 is 1.29 bits per heavy atom. The number of aliphatic hydroxyl groups excluding tert-OH is 1. The van der Waals surface area contributed by atoms with E-state index >= 15 is 0 Å². The Balaban J connectivity index is 1.70. The smallest absolute Gasteiger partial charge is 0.233 e. The van der Waals surface area contributed by atoms with Gasteiger partial charge in [0.2, 0.25) is 5.91 Å². The summed E-state index contributed by atoms with van der Waals surface area (Å²) >= 11 is 0. The van der Waals surface area contributed by atoms with Gasteiger partial charge in [-0.05, 0) is 56.2 Å². The monoisotopic (exact) mass is 291 g/mol. The van der Waals surface area contributed by atoms with E-state index < -0.39 is 5.41 Å². The Hall–Kier alpha value is -1.42. The zero-order valence-electron chi connectivity index (χ0n) is 12.4. The van der Waals surface area contributed by atoms with E-state index in [1.54, 1.807) is 12.1 Å². The summed E-state index contributed by atoms with van der Waals surface area (Å²) in [6.07, 6.45) is 3.14. The molecule has 1 atom stereocenters. The molecule has 2 fully saturated rings. The van der Waals surface area contributed by atoms with Crippen molar-refractivity contribution in [2.45, 2.75) is 44.1 Å². The topological polar surface area (TPSA) is 40.5 Å². The van der Waals surface area contributed by atoms with Gasteiger partial charge < -0.3 is 10.0 Å². The van der Waals surface area contributed by atoms with Gasteiger partial charge in [0.15, 0.2) is 0 Å². The average molecular weight is 291 g/mol. The predicted molar refractivity (Wildman–Crippen MR) is 78.3 cm³/mol. The van der Waals surface area contributed by atoms with Crippen molar-refractivity contribution in [3.8, 4) is 0 Å². The molecule has 21 heavy (non-hydrogen) atoms. The number of aliphatic hydroxyl groups is 1. The lowest BCUT2D eigenvalue weighted by Gasteiger charge is -2.35. The van der Waals surface area contributed by atoms with Crippen molar-refractivity contribution >= 4 is 5.91 Å². The van der Waals surface area contributed by atoms with Crippen LogP contribution in [0.25, 0.3) is 0 Å². The van der Waals surface area contributed by atoms with Gasteiger partial charge in [-0.1, -0.05) is 12.1 Å². The van der Waals surface area contributed by atoms with Crippen LogP contribution in [0.2, 0.25) is 0 Å². The lowest BCUT2D eigenvalue weighted by molar-refractivity contribution is -0.136. The summed E-state index contributed by atoms with van der Waals surface area (Å²) in [5, 5.41) is 9.64. The highest BCUT2D eigenvalue weighted by molar-refractivity contribution is 5.91. The normalized spacial score (nSPS) is 22.9. The number of likely N-dealkylation sites (tertiary alicyclic amines) is 1. The van der Waals surface area contributed by atoms with E-state index in [1.165, 1.54) is 12.1 Å². The first-order valence-electron chi connectivity index (χ1n) is 7.76. The Morgan fingerprint density at radius 3 is 2.33 bits per heavy atom. The third kappa shape index (κ3) is 2.69. The van der Waals surface area contributed by atoms with Crippen molar-refractivity contribution in [2.75, 3.05) is 13.1 Å². The van der Waals surface area contributed by atoms with Crippen molar-refractivity contribution < 1.29 is 14.3 Å². The predicted octanol–water partition coefficient (Wildman–Crippen LogP) is 2.48. The SMILES string of the molecule is CC(O)C1CCN(C(=O)C2(c3ccc(F)cc3)CC2)CC1. The first-order valence-corrected chi connectivity index (χ1v) is 7.76. The van der Waals surface area contributed by atoms with E-state index in [4.69, 9.17) is 0 Å². The average Bonchev–Trinajstić information content (AvgIpc) is 3.29. The molecular weight excluding hydrogens is 269 g/mol. The molecule has 114 valence electrons. The maximum Gasteiger partial charge on any atom is 0.233 e. The number of hydrogen-bond acceptors (Lipinski definition) is 2. The molecule has 0 radical (unpaired) electrons. The minimum atomic E-state index is -0.411. The van der Waals surface area contributed by atoms with E-state index in [2.05, 4.69) is 0 Å². The highest BCUT2D eigenvalue weighted by atomic mass is 19.1. The molecule has 0 aromatic heterocycles. The van der Waals surface area contributed by atoms with Crippen LogP contribution in [0.1, 0.15) is 38.2 Å². The molecule has 1 aromatic carbocycles. The largest absolute Gasteiger partial charge is 0.393 e. The fourth-order valence-electron chi connectivity index (χ4n) is 3.41.